The van der Waals surface area contributed by atoms with Gasteiger partial charge in [-0.1, -0.05) is 81.7 Å². The van der Waals surface area contributed by atoms with Gasteiger partial charge in [0.15, 0.2) is 0 Å². The first-order valence-electron chi connectivity index (χ1n) is 6.40. The molecule has 0 heteroatoms. The molecule has 0 aromatic heterocycles. The van der Waals surface area contributed by atoms with Crippen LogP contribution in [0, 0.1) is 17.3 Å². The van der Waals surface area contributed by atoms with E-state index in [1.54, 1.807) is 0 Å². The molecular formula is C18H22. The first-order chi connectivity index (χ1) is 8.54. The average molecular weight is 238 g/mol. The minimum Gasteiger partial charge on any atom is -0.0990 e. The van der Waals surface area contributed by atoms with E-state index in [2.05, 4.69) is 63.5 Å². The molecule has 1 rings (SSSR count). The van der Waals surface area contributed by atoms with Crippen LogP contribution in [0.25, 0.3) is 0 Å². The molecule has 0 heterocycles. The monoisotopic (exact) mass is 238 g/mol. The average Bonchev–Trinajstić information content (AvgIpc) is 2.33. The van der Waals surface area contributed by atoms with Gasteiger partial charge in [0.05, 0.1) is 0 Å². The molecule has 0 spiro atoms. The van der Waals surface area contributed by atoms with E-state index in [4.69, 9.17) is 0 Å². The molecule has 0 bridgehead atoms. The van der Waals surface area contributed by atoms with Gasteiger partial charge in [-0.25, -0.2) is 0 Å². The molecule has 0 fully saturated rings. The van der Waals surface area contributed by atoms with Gasteiger partial charge < -0.3 is 0 Å². The van der Waals surface area contributed by atoms with E-state index >= 15 is 0 Å². The lowest BCUT2D eigenvalue weighted by atomic mass is 9.86. The third-order valence-electron chi connectivity index (χ3n) is 2.70. The lowest BCUT2D eigenvalue weighted by molar-refractivity contribution is 0.521. The van der Waals surface area contributed by atoms with Gasteiger partial charge in [-0.15, -0.1) is 0 Å². The summed E-state index contributed by atoms with van der Waals surface area (Å²) in [4.78, 5) is 0. The highest BCUT2D eigenvalue weighted by Crippen LogP contribution is 2.24. The predicted octanol–water partition coefficient (Wildman–Crippen LogP) is 4.78. The fourth-order valence-electron chi connectivity index (χ4n) is 1.61. The second-order valence-corrected chi connectivity index (χ2v) is 5.35. The van der Waals surface area contributed by atoms with Crippen molar-refractivity contribution in [3.05, 3.63) is 60.2 Å². The molecule has 0 aliphatic heterocycles. The van der Waals surface area contributed by atoms with Crippen LogP contribution in [0.15, 0.2) is 54.6 Å². The van der Waals surface area contributed by atoms with Crippen molar-refractivity contribution >= 4 is 0 Å². The quantitative estimate of drug-likeness (QED) is 0.525. The van der Waals surface area contributed by atoms with E-state index in [0.717, 1.165) is 18.4 Å². The van der Waals surface area contributed by atoms with Crippen LogP contribution in [0.3, 0.4) is 0 Å². The summed E-state index contributed by atoms with van der Waals surface area (Å²) >= 11 is 0. The fraction of sp³-hybridized carbons (Fsp3) is 0.333. The van der Waals surface area contributed by atoms with Gasteiger partial charge in [-0.2, -0.15) is 0 Å². The van der Waals surface area contributed by atoms with Crippen molar-refractivity contribution < 1.29 is 0 Å². The zero-order valence-electron chi connectivity index (χ0n) is 11.7. The highest BCUT2D eigenvalue weighted by molar-refractivity contribution is 5.36. The minimum atomic E-state index is 0.0912. The van der Waals surface area contributed by atoms with Gasteiger partial charge in [0.1, 0.15) is 0 Å². The summed E-state index contributed by atoms with van der Waals surface area (Å²) in [7, 11) is 0. The molecule has 0 saturated heterocycles. The molecule has 1 aromatic rings. The van der Waals surface area contributed by atoms with E-state index in [1.807, 2.05) is 18.2 Å². The Bertz CT molecular complexity index is 458. The summed E-state index contributed by atoms with van der Waals surface area (Å²) in [6, 6.07) is 10.5. The zero-order chi connectivity index (χ0) is 13.4. The number of allylic oxidation sites excluding steroid dienone is 3. The lowest BCUT2D eigenvalue weighted by Gasteiger charge is -2.17. The van der Waals surface area contributed by atoms with Gasteiger partial charge in [-0.3, -0.25) is 0 Å². The topological polar surface area (TPSA) is 0 Å². The molecule has 0 nitrogen and oxygen atoms in total. The molecule has 0 radical (unpaired) electrons. The Hall–Kier alpha value is -1.74. The Morgan fingerprint density at radius 3 is 2.44 bits per heavy atom. The SMILES string of the molecule is C=C/C=C(/C#CCCc1ccccc1)C(C)(C)C. The summed E-state index contributed by atoms with van der Waals surface area (Å²) in [5.41, 5.74) is 2.58. The van der Waals surface area contributed by atoms with E-state index in [9.17, 15) is 0 Å². The first-order valence-corrected chi connectivity index (χ1v) is 6.40. The molecule has 0 amide bonds. The predicted molar refractivity (Wildman–Crippen MR) is 80.3 cm³/mol. The number of hydrogen-bond acceptors (Lipinski definition) is 0. The maximum Gasteiger partial charge on any atom is 0.0133 e. The van der Waals surface area contributed by atoms with Crippen LogP contribution in [0.1, 0.15) is 32.8 Å². The van der Waals surface area contributed by atoms with E-state index < -0.39 is 0 Å². The smallest absolute Gasteiger partial charge is 0.0133 e. The summed E-state index contributed by atoms with van der Waals surface area (Å²) in [5, 5.41) is 0. The van der Waals surface area contributed by atoms with Crippen molar-refractivity contribution in [2.75, 3.05) is 0 Å². The maximum atomic E-state index is 3.75. The van der Waals surface area contributed by atoms with Crippen LogP contribution in [-0.2, 0) is 6.42 Å². The van der Waals surface area contributed by atoms with E-state index in [0.29, 0.717) is 0 Å². The largest absolute Gasteiger partial charge is 0.0990 e. The summed E-state index contributed by atoms with van der Waals surface area (Å²) in [5.74, 6) is 6.53. The van der Waals surface area contributed by atoms with E-state index in [-0.39, 0.29) is 5.41 Å². The van der Waals surface area contributed by atoms with Crippen LogP contribution < -0.4 is 0 Å². The van der Waals surface area contributed by atoms with E-state index in [1.165, 1.54) is 5.56 Å². The molecule has 0 atom stereocenters. The van der Waals surface area contributed by atoms with Crippen LogP contribution in [0.4, 0.5) is 0 Å². The fourth-order valence-corrected chi connectivity index (χ4v) is 1.61. The number of aryl methyl sites for hydroxylation is 1. The highest BCUT2D eigenvalue weighted by Gasteiger charge is 2.13. The van der Waals surface area contributed by atoms with Crippen LogP contribution in [0.2, 0.25) is 0 Å². The Morgan fingerprint density at radius 2 is 1.89 bits per heavy atom. The Balaban J connectivity index is 2.60. The van der Waals surface area contributed by atoms with Crippen molar-refractivity contribution in [3.63, 3.8) is 0 Å². The second-order valence-electron chi connectivity index (χ2n) is 5.35. The molecule has 0 aliphatic carbocycles. The Morgan fingerprint density at radius 1 is 1.22 bits per heavy atom. The van der Waals surface area contributed by atoms with Crippen molar-refractivity contribution in [1.82, 2.24) is 0 Å². The van der Waals surface area contributed by atoms with Gasteiger partial charge in [0.25, 0.3) is 0 Å². The molecule has 0 unspecified atom stereocenters. The Kier molecular flexibility index (Phi) is 5.46. The van der Waals surface area contributed by atoms with Crippen LogP contribution >= 0.6 is 0 Å². The van der Waals surface area contributed by atoms with Gasteiger partial charge >= 0.3 is 0 Å². The van der Waals surface area contributed by atoms with Crippen LogP contribution in [-0.4, -0.2) is 0 Å². The molecule has 0 aliphatic rings. The van der Waals surface area contributed by atoms with Crippen molar-refractivity contribution in [3.8, 4) is 11.8 Å². The number of benzene rings is 1. The Labute approximate surface area is 111 Å². The summed E-state index contributed by atoms with van der Waals surface area (Å²) in [6.45, 7) is 10.3. The van der Waals surface area contributed by atoms with Crippen molar-refractivity contribution in [2.45, 2.75) is 33.6 Å². The van der Waals surface area contributed by atoms with Crippen molar-refractivity contribution in [2.24, 2.45) is 5.41 Å². The molecule has 18 heavy (non-hydrogen) atoms. The zero-order valence-corrected chi connectivity index (χ0v) is 11.7. The lowest BCUT2D eigenvalue weighted by Crippen LogP contribution is -2.07. The minimum absolute atomic E-state index is 0.0912. The maximum absolute atomic E-state index is 3.75. The number of rotatable bonds is 3. The molecular weight excluding hydrogens is 216 g/mol. The molecule has 1 aromatic carbocycles. The molecule has 94 valence electrons. The standard InChI is InChI=1S/C18H22/c1-5-11-17(18(2,3)4)15-10-9-14-16-12-7-6-8-13-16/h5-8,11-13H,1,9,14H2,2-4H3/b17-11-. The normalized spacial score (nSPS) is 11.6. The molecule has 0 saturated carbocycles. The van der Waals surface area contributed by atoms with Gasteiger partial charge in [0, 0.05) is 12.0 Å². The van der Waals surface area contributed by atoms with Gasteiger partial charge in [0.2, 0.25) is 0 Å². The highest BCUT2D eigenvalue weighted by atomic mass is 14.2. The second kappa shape index (κ2) is 6.87. The third kappa shape index (κ3) is 5.06. The molecule has 0 N–H and O–H groups in total. The summed E-state index contributed by atoms with van der Waals surface area (Å²) < 4.78 is 0. The van der Waals surface area contributed by atoms with Crippen LogP contribution in [0.5, 0.6) is 0 Å². The first kappa shape index (κ1) is 14.3. The number of hydrogen-bond donors (Lipinski definition) is 0. The van der Waals surface area contributed by atoms with Crippen molar-refractivity contribution in [1.29, 1.82) is 0 Å². The summed E-state index contributed by atoms with van der Waals surface area (Å²) in [6.07, 6.45) is 5.73. The third-order valence-corrected chi connectivity index (χ3v) is 2.70. The van der Waals surface area contributed by atoms with Gasteiger partial charge in [-0.05, 0) is 17.4 Å².